The van der Waals surface area contributed by atoms with Crippen LogP contribution in [-0.4, -0.2) is 68.1 Å². The lowest BCUT2D eigenvalue weighted by atomic mass is 10.0. The van der Waals surface area contributed by atoms with Crippen molar-refractivity contribution >= 4 is 23.6 Å². The molecule has 3 aromatic carbocycles. The first-order valence-electron chi connectivity index (χ1n) is 15.6. The summed E-state index contributed by atoms with van der Waals surface area (Å²) in [5.74, 6) is -0.602. The van der Waals surface area contributed by atoms with E-state index in [0.29, 0.717) is 43.3 Å². The third kappa shape index (κ3) is 8.56. The van der Waals surface area contributed by atoms with Crippen LogP contribution in [0.15, 0.2) is 72.8 Å². The molecule has 0 spiro atoms. The Kier molecular flexibility index (Phi) is 10.7. The molecule has 2 heterocycles. The lowest BCUT2D eigenvalue weighted by Crippen LogP contribution is -2.55. The van der Waals surface area contributed by atoms with E-state index in [1.807, 2.05) is 62.4 Å². The number of ether oxygens (including phenoxy) is 3. The molecule has 242 valence electrons. The first-order chi connectivity index (χ1) is 22.3. The Morgan fingerprint density at radius 2 is 1.57 bits per heavy atom. The predicted octanol–water partition coefficient (Wildman–Crippen LogP) is 2.57. The molecule has 0 saturated heterocycles. The van der Waals surface area contributed by atoms with Gasteiger partial charge >= 0.3 is 0 Å². The molecule has 4 N–H and O–H groups in total. The number of hydrogen-bond donors (Lipinski definition) is 4. The first-order valence-corrected chi connectivity index (χ1v) is 15.6. The van der Waals surface area contributed by atoms with E-state index in [2.05, 4.69) is 21.3 Å². The molecule has 3 atom stereocenters. The fourth-order valence-corrected chi connectivity index (χ4v) is 5.41. The molecule has 11 heteroatoms. The Labute approximate surface area is 268 Å². The molecule has 0 fully saturated rings. The Balaban J connectivity index is 1.33. The molecule has 0 saturated carbocycles. The summed E-state index contributed by atoms with van der Waals surface area (Å²) in [5, 5.41) is 11.4. The maximum atomic E-state index is 13.5. The van der Waals surface area contributed by atoms with E-state index < -0.39 is 35.8 Å². The highest BCUT2D eigenvalue weighted by atomic mass is 16.6. The lowest BCUT2D eigenvalue weighted by Gasteiger charge is -2.27. The Morgan fingerprint density at radius 3 is 2.35 bits per heavy atom. The van der Waals surface area contributed by atoms with Crippen molar-refractivity contribution in [1.29, 1.82) is 0 Å². The minimum Gasteiger partial charge on any atom is -0.491 e. The summed E-state index contributed by atoms with van der Waals surface area (Å²) >= 11 is 0. The van der Waals surface area contributed by atoms with Crippen LogP contribution in [0.5, 0.6) is 17.2 Å². The number of carbonyl (C=O) groups excluding carboxylic acids is 4. The van der Waals surface area contributed by atoms with E-state index in [4.69, 9.17) is 14.2 Å². The Morgan fingerprint density at radius 1 is 0.826 bits per heavy atom. The molecule has 2 aliphatic rings. The summed E-state index contributed by atoms with van der Waals surface area (Å²) in [5.41, 5.74) is 2.13. The van der Waals surface area contributed by atoms with Crippen molar-refractivity contribution < 1.29 is 33.4 Å². The molecule has 5 rings (SSSR count). The van der Waals surface area contributed by atoms with Crippen LogP contribution in [0.1, 0.15) is 41.8 Å². The van der Waals surface area contributed by atoms with Crippen molar-refractivity contribution in [2.45, 2.75) is 51.2 Å². The van der Waals surface area contributed by atoms with Gasteiger partial charge in [-0.05, 0) is 54.2 Å². The fourth-order valence-electron chi connectivity index (χ4n) is 5.41. The largest absolute Gasteiger partial charge is 0.491 e. The van der Waals surface area contributed by atoms with Gasteiger partial charge in [0.1, 0.15) is 37.7 Å². The number of carbonyl (C=O) groups is 4. The Bertz CT molecular complexity index is 1540. The topological polar surface area (TPSA) is 144 Å². The SMILES string of the molecule is CC(C)[C@@H]1NC(=O)C[C@@H](C(=O)NCCc2ccc3c(c2)OCCO3)NC(=O)c2ccccc2OC[C@@H](Cc2ccccc2)NC1=O. The van der Waals surface area contributed by atoms with E-state index >= 15 is 0 Å². The molecule has 0 bridgehead atoms. The highest BCUT2D eigenvalue weighted by molar-refractivity contribution is 6.01. The van der Waals surface area contributed by atoms with Gasteiger partial charge in [0.25, 0.3) is 5.91 Å². The number of benzene rings is 3. The molecule has 0 aromatic heterocycles. The van der Waals surface area contributed by atoms with Crippen LogP contribution >= 0.6 is 0 Å². The van der Waals surface area contributed by atoms with Gasteiger partial charge in [0, 0.05) is 6.54 Å². The van der Waals surface area contributed by atoms with Gasteiger partial charge in [0.15, 0.2) is 11.5 Å². The highest BCUT2D eigenvalue weighted by Gasteiger charge is 2.31. The fraction of sp³-hybridized carbons (Fsp3) is 0.371. The van der Waals surface area contributed by atoms with E-state index in [-0.39, 0.29) is 37.0 Å². The zero-order valence-corrected chi connectivity index (χ0v) is 26.0. The second-order valence-corrected chi connectivity index (χ2v) is 11.7. The number of rotatable bonds is 7. The maximum Gasteiger partial charge on any atom is 0.255 e. The van der Waals surface area contributed by atoms with Gasteiger partial charge in [0.05, 0.1) is 18.0 Å². The second kappa shape index (κ2) is 15.3. The summed E-state index contributed by atoms with van der Waals surface area (Å²) in [6.07, 6.45) is 0.606. The molecule has 3 aromatic rings. The van der Waals surface area contributed by atoms with Crippen molar-refractivity contribution in [2.24, 2.45) is 5.92 Å². The van der Waals surface area contributed by atoms with E-state index in [9.17, 15) is 19.2 Å². The summed E-state index contributed by atoms with van der Waals surface area (Å²) in [4.78, 5) is 53.7. The van der Waals surface area contributed by atoms with Gasteiger partial charge in [-0.15, -0.1) is 0 Å². The van der Waals surface area contributed by atoms with Crippen molar-refractivity contribution in [2.75, 3.05) is 26.4 Å². The van der Waals surface area contributed by atoms with Crippen molar-refractivity contribution in [3.8, 4) is 17.2 Å². The van der Waals surface area contributed by atoms with Crippen molar-refractivity contribution in [1.82, 2.24) is 21.3 Å². The normalized spacial score (nSPS) is 20.2. The molecule has 2 aliphatic heterocycles. The lowest BCUT2D eigenvalue weighted by molar-refractivity contribution is -0.132. The minimum absolute atomic E-state index is 0.0768. The standard InChI is InChI=1S/C35H40N4O7/c1-22(2)32-35(43)37-25(18-23-8-4-3-5-9-23)21-46-28-11-7-6-10-26(28)33(41)38-27(20-31(40)39-32)34(42)36-15-14-24-12-13-29-30(19-24)45-17-16-44-29/h3-13,19,22,25,27,32H,14-18,20-21H2,1-2H3,(H,36,42)(H,37,43)(H,38,41)(H,39,40)/t25-,27+,32+/m1/s1. The predicted molar refractivity (Wildman–Crippen MR) is 171 cm³/mol. The monoisotopic (exact) mass is 628 g/mol. The van der Waals surface area contributed by atoms with Gasteiger partial charge in [0.2, 0.25) is 17.7 Å². The van der Waals surface area contributed by atoms with Gasteiger partial charge < -0.3 is 35.5 Å². The summed E-state index contributed by atoms with van der Waals surface area (Å²) in [6.45, 7) is 4.96. The second-order valence-electron chi connectivity index (χ2n) is 11.7. The van der Waals surface area contributed by atoms with Gasteiger partial charge in [-0.1, -0.05) is 62.4 Å². The molecule has 0 aliphatic carbocycles. The summed E-state index contributed by atoms with van der Waals surface area (Å²) in [7, 11) is 0. The van der Waals surface area contributed by atoms with Gasteiger partial charge in [-0.3, -0.25) is 19.2 Å². The number of amides is 4. The van der Waals surface area contributed by atoms with E-state index in [1.165, 1.54) is 0 Å². The molecule has 0 radical (unpaired) electrons. The van der Waals surface area contributed by atoms with Crippen LogP contribution in [0.3, 0.4) is 0 Å². The quantitative estimate of drug-likeness (QED) is 0.315. The highest BCUT2D eigenvalue weighted by Crippen LogP contribution is 2.30. The van der Waals surface area contributed by atoms with Crippen LogP contribution in [-0.2, 0) is 27.2 Å². The molecule has 46 heavy (non-hydrogen) atoms. The van der Waals surface area contributed by atoms with E-state index in [0.717, 1.165) is 11.1 Å². The molecule has 11 nitrogen and oxygen atoms in total. The zero-order chi connectivity index (χ0) is 32.5. The van der Waals surface area contributed by atoms with Gasteiger partial charge in [-0.25, -0.2) is 0 Å². The first kappa shape index (κ1) is 32.3. The van der Waals surface area contributed by atoms with Crippen molar-refractivity contribution in [3.05, 3.63) is 89.5 Å². The average molecular weight is 629 g/mol. The average Bonchev–Trinajstić information content (AvgIpc) is 3.05. The van der Waals surface area contributed by atoms with Crippen LogP contribution in [0.2, 0.25) is 0 Å². The maximum absolute atomic E-state index is 13.5. The molecule has 0 unspecified atom stereocenters. The molecular weight excluding hydrogens is 588 g/mol. The van der Waals surface area contributed by atoms with E-state index in [1.54, 1.807) is 24.3 Å². The summed E-state index contributed by atoms with van der Waals surface area (Å²) < 4.78 is 17.3. The van der Waals surface area contributed by atoms with Crippen LogP contribution in [0.4, 0.5) is 0 Å². The summed E-state index contributed by atoms with van der Waals surface area (Å²) in [6, 6.07) is 19.4. The molecular formula is C35H40N4O7. The van der Waals surface area contributed by atoms with Crippen LogP contribution in [0.25, 0.3) is 0 Å². The van der Waals surface area contributed by atoms with Gasteiger partial charge in [-0.2, -0.15) is 0 Å². The molecule has 4 amide bonds. The zero-order valence-electron chi connectivity index (χ0n) is 26.0. The number of hydrogen-bond acceptors (Lipinski definition) is 7. The third-order valence-electron chi connectivity index (χ3n) is 7.84. The van der Waals surface area contributed by atoms with Crippen LogP contribution in [0, 0.1) is 5.92 Å². The number of fused-ring (bicyclic) bond motifs is 2. The Hall–Kier alpha value is -5.06. The number of nitrogens with one attached hydrogen (secondary N) is 4. The van der Waals surface area contributed by atoms with Crippen LogP contribution < -0.4 is 35.5 Å². The van der Waals surface area contributed by atoms with Crippen molar-refractivity contribution in [3.63, 3.8) is 0 Å². The number of para-hydroxylation sites is 1. The third-order valence-corrected chi connectivity index (χ3v) is 7.84. The minimum atomic E-state index is -1.20. The smallest absolute Gasteiger partial charge is 0.255 e.